The van der Waals surface area contributed by atoms with Crippen molar-refractivity contribution in [1.29, 1.82) is 0 Å². The average Bonchev–Trinajstić information content (AvgIpc) is 2.27. The molecule has 0 amide bonds. The predicted molar refractivity (Wildman–Crippen MR) is 60.1 cm³/mol. The minimum atomic E-state index is -0.801. The standard InChI is InChI=1S/C12H8ClF2NO/c13-8-2-1-7(11(15)6-8)5-9-3-4-10(14)12(17)16-9/h1-4,6H,5H2,(H,16,17). The SMILES string of the molecule is Oc1nc(Cc2ccc(Cl)cc2F)ccc1F. The highest BCUT2D eigenvalue weighted by Gasteiger charge is 2.07. The molecule has 2 aromatic rings. The van der Waals surface area contributed by atoms with Crippen LogP contribution in [0, 0.1) is 11.6 Å². The fourth-order valence-corrected chi connectivity index (χ4v) is 1.59. The summed E-state index contributed by atoms with van der Waals surface area (Å²) >= 11 is 5.62. The minimum absolute atomic E-state index is 0.164. The van der Waals surface area contributed by atoms with Crippen LogP contribution >= 0.6 is 11.6 Å². The Kier molecular flexibility index (Phi) is 3.24. The lowest BCUT2D eigenvalue weighted by Gasteiger charge is -2.04. The van der Waals surface area contributed by atoms with Crippen molar-refractivity contribution in [3.05, 3.63) is 58.2 Å². The van der Waals surface area contributed by atoms with Gasteiger partial charge in [-0.2, -0.15) is 0 Å². The Bertz CT molecular complexity index is 560. The second-order valence-corrected chi connectivity index (χ2v) is 3.96. The van der Waals surface area contributed by atoms with Gasteiger partial charge in [0.15, 0.2) is 5.82 Å². The molecule has 0 atom stereocenters. The Hall–Kier alpha value is -1.68. The molecular weight excluding hydrogens is 248 g/mol. The predicted octanol–water partition coefficient (Wildman–Crippen LogP) is 3.31. The molecule has 5 heteroatoms. The monoisotopic (exact) mass is 255 g/mol. The molecule has 0 fully saturated rings. The molecule has 0 aliphatic carbocycles. The zero-order valence-corrected chi connectivity index (χ0v) is 9.38. The van der Waals surface area contributed by atoms with Crippen LogP contribution in [-0.2, 0) is 6.42 Å². The smallest absolute Gasteiger partial charge is 0.248 e. The highest BCUT2D eigenvalue weighted by Crippen LogP contribution is 2.19. The third kappa shape index (κ3) is 2.71. The normalized spacial score (nSPS) is 10.5. The van der Waals surface area contributed by atoms with Crippen molar-refractivity contribution in [1.82, 2.24) is 4.98 Å². The van der Waals surface area contributed by atoms with Crippen molar-refractivity contribution < 1.29 is 13.9 Å². The van der Waals surface area contributed by atoms with Crippen LogP contribution in [0.25, 0.3) is 0 Å². The van der Waals surface area contributed by atoms with Crippen LogP contribution in [0.4, 0.5) is 8.78 Å². The molecule has 88 valence electrons. The Morgan fingerprint density at radius 2 is 1.88 bits per heavy atom. The summed E-state index contributed by atoms with van der Waals surface area (Å²) in [5, 5.41) is 9.40. The van der Waals surface area contributed by atoms with Crippen LogP contribution < -0.4 is 0 Å². The van der Waals surface area contributed by atoms with E-state index in [4.69, 9.17) is 16.7 Å². The van der Waals surface area contributed by atoms with Crippen LogP contribution in [-0.4, -0.2) is 10.1 Å². The van der Waals surface area contributed by atoms with Crippen LogP contribution in [0.3, 0.4) is 0 Å². The van der Waals surface area contributed by atoms with Crippen LogP contribution in [0.5, 0.6) is 5.88 Å². The number of benzene rings is 1. The van der Waals surface area contributed by atoms with Gasteiger partial charge < -0.3 is 5.11 Å². The zero-order chi connectivity index (χ0) is 12.4. The molecule has 2 rings (SSSR count). The fourth-order valence-electron chi connectivity index (χ4n) is 1.43. The Labute approximate surface area is 102 Å². The number of hydrogen-bond donors (Lipinski definition) is 1. The molecule has 0 spiro atoms. The molecule has 1 heterocycles. The molecule has 0 saturated carbocycles. The molecule has 1 N–H and O–H groups in total. The van der Waals surface area contributed by atoms with Gasteiger partial charge in [-0.05, 0) is 29.8 Å². The first kappa shape index (κ1) is 11.8. The third-order valence-corrected chi connectivity index (χ3v) is 2.51. The van der Waals surface area contributed by atoms with E-state index in [9.17, 15) is 8.78 Å². The van der Waals surface area contributed by atoms with E-state index in [-0.39, 0.29) is 6.42 Å². The molecule has 0 unspecified atom stereocenters. The Morgan fingerprint density at radius 3 is 2.53 bits per heavy atom. The third-order valence-electron chi connectivity index (χ3n) is 2.27. The molecule has 1 aromatic heterocycles. The van der Waals surface area contributed by atoms with E-state index in [2.05, 4.69) is 4.98 Å². The van der Waals surface area contributed by atoms with Gasteiger partial charge in [0, 0.05) is 17.1 Å². The lowest BCUT2D eigenvalue weighted by Crippen LogP contribution is -1.96. The lowest BCUT2D eigenvalue weighted by atomic mass is 10.1. The summed E-state index contributed by atoms with van der Waals surface area (Å²) in [6.07, 6.45) is 0.164. The summed E-state index contributed by atoms with van der Waals surface area (Å²) < 4.78 is 26.2. The first-order valence-corrected chi connectivity index (χ1v) is 5.22. The van der Waals surface area contributed by atoms with E-state index < -0.39 is 17.5 Å². The van der Waals surface area contributed by atoms with Crippen molar-refractivity contribution >= 4 is 11.6 Å². The first-order chi connectivity index (χ1) is 8.06. The maximum absolute atomic E-state index is 13.5. The van der Waals surface area contributed by atoms with Crippen LogP contribution in [0.15, 0.2) is 30.3 Å². The highest BCUT2D eigenvalue weighted by atomic mass is 35.5. The fraction of sp³-hybridized carbons (Fsp3) is 0.0833. The Morgan fingerprint density at radius 1 is 1.12 bits per heavy atom. The molecule has 17 heavy (non-hydrogen) atoms. The van der Waals surface area contributed by atoms with Gasteiger partial charge in [-0.3, -0.25) is 0 Å². The number of pyridine rings is 1. The van der Waals surface area contributed by atoms with Crippen LogP contribution in [0.1, 0.15) is 11.3 Å². The van der Waals surface area contributed by atoms with Crippen molar-refractivity contribution in [2.75, 3.05) is 0 Å². The van der Waals surface area contributed by atoms with Gasteiger partial charge in [0.05, 0.1) is 0 Å². The van der Waals surface area contributed by atoms with E-state index in [0.29, 0.717) is 16.3 Å². The highest BCUT2D eigenvalue weighted by molar-refractivity contribution is 6.30. The maximum atomic E-state index is 13.5. The second kappa shape index (κ2) is 4.67. The quantitative estimate of drug-likeness (QED) is 0.893. The van der Waals surface area contributed by atoms with Crippen LogP contribution in [0.2, 0.25) is 5.02 Å². The number of aromatic nitrogens is 1. The van der Waals surface area contributed by atoms with Gasteiger partial charge in [-0.1, -0.05) is 17.7 Å². The number of rotatable bonds is 2. The Balaban J connectivity index is 2.28. The van der Waals surface area contributed by atoms with E-state index >= 15 is 0 Å². The number of aromatic hydroxyl groups is 1. The van der Waals surface area contributed by atoms with Gasteiger partial charge in [-0.15, -0.1) is 0 Å². The molecule has 0 radical (unpaired) electrons. The minimum Gasteiger partial charge on any atom is -0.491 e. The van der Waals surface area contributed by atoms with E-state index in [1.807, 2.05) is 0 Å². The largest absolute Gasteiger partial charge is 0.491 e. The number of hydrogen-bond acceptors (Lipinski definition) is 2. The average molecular weight is 256 g/mol. The van der Waals surface area contributed by atoms with Crippen molar-refractivity contribution in [2.45, 2.75) is 6.42 Å². The lowest BCUT2D eigenvalue weighted by molar-refractivity contribution is 0.409. The topological polar surface area (TPSA) is 33.1 Å². The number of nitrogens with zero attached hydrogens (tertiary/aromatic N) is 1. The zero-order valence-electron chi connectivity index (χ0n) is 8.62. The summed E-state index contributed by atoms with van der Waals surface area (Å²) in [4.78, 5) is 3.61. The summed E-state index contributed by atoms with van der Waals surface area (Å²) in [6, 6.07) is 6.76. The van der Waals surface area contributed by atoms with Gasteiger partial charge in [0.1, 0.15) is 5.82 Å². The van der Waals surface area contributed by atoms with Gasteiger partial charge in [0.2, 0.25) is 5.88 Å². The maximum Gasteiger partial charge on any atom is 0.248 e. The number of halogens is 3. The molecule has 0 saturated heterocycles. The van der Waals surface area contributed by atoms with E-state index in [1.165, 1.54) is 18.2 Å². The van der Waals surface area contributed by atoms with Crippen molar-refractivity contribution in [3.63, 3.8) is 0 Å². The molecular formula is C12H8ClF2NO. The van der Waals surface area contributed by atoms with E-state index in [0.717, 1.165) is 6.07 Å². The molecule has 0 aliphatic rings. The summed E-state index contributed by atoms with van der Waals surface area (Å²) in [5.74, 6) is -1.94. The molecule has 0 bridgehead atoms. The molecule has 0 aliphatic heterocycles. The molecule has 1 aromatic carbocycles. The summed E-state index contributed by atoms with van der Waals surface area (Å²) in [7, 11) is 0. The summed E-state index contributed by atoms with van der Waals surface area (Å²) in [5.41, 5.74) is 0.762. The molecule has 2 nitrogen and oxygen atoms in total. The van der Waals surface area contributed by atoms with Crippen molar-refractivity contribution in [3.8, 4) is 5.88 Å². The van der Waals surface area contributed by atoms with Gasteiger partial charge in [-0.25, -0.2) is 13.8 Å². The second-order valence-electron chi connectivity index (χ2n) is 3.52. The van der Waals surface area contributed by atoms with Gasteiger partial charge in [0.25, 0.3) is 0 Å². The van der Waals surface area contributed by atoms with E-state index in [1.54, 1.807) is 6.07 Å². The first-order valence-electron chi connectivity index (χ1n) is 4.84. The summed E-state index contributed by atoms with van der Waals surface area (Å²) in [6.45, 7) is 0. The van der Waals surface area contributed by atoms with Gasteiger partial charge >= 0.3 is 0 Å². The van der Waals surface area contributed by atoms with Crippen molar-refractivity contribution in [2.24, 2.45) is 0 Å².